The lowest BCUT2D eigenvalue weighted by atomic mass is 10.2. The number of carbonyl (C=O) groups excluding carboxylic acids is 3. The first-order chi connectivity index (χ1) is 13.5. The highest BCUT2D eigenvalue weighted by Crippen LogP contribution is 2.13. The predicted molar refractivity (Wildman–Crippen MR) is 107 cm³/mol. The highest BCUT2D eigenvalue weighted by molar-refractivity contribution is 5.99. The summed E-state index contributed by atoms with van der Waals surface area (Å²) in [5.74, 6) is -0.378. The SMILES string of the molecule is CCCCCOc1ccc(C(=O)NNC(=O)c2ccc(NC(C)=O)cc2)cc1. The predicted octanol–water partition coefficient (Wildman–Crippen LogP) is 3.29. The van der Waals surface area contributed by atoms with Crippen molar-refractivity contribution in [1.82, 2.24) is 10.9 Å². The van der Waals surface area contributed by atoms with Crippen LogP contribution in [0.5, 0.6) is 5.75 Å². The Hall–Kier alpha value is -3.35. The summed E-state index contributed by atoms with van der Waals surface area (Å²) in [6.07, 6.45) is 3.25. The molecule has 0 aliphatic heterocycles. The van der Waals surface area contributed by atoms with Gasteiger partial charge in [-0.05, 0) is 55.0 Å². The van der Waals surface area contributed by atoms with Crippen LogP contribution in [0.4, 0.5) is 5.69 Å². The third-order valence-electron chi connectivity index (χ3n) is 3.89. The Balaban J connectivity index is 1.82. The summed E-state index contributed by atoms with van der Waals surface area (Å²) in [6.45, 7) is 4.18. The van der Waals surface area contributed by atoms with Crippen molar-refractivity contribution in [3.05, 3.63) is 59.7 Å². The molecule has 3 N–H and O–H groups in total. The Bertz CT molecular complexity index is 801. The second kappa shape index (κ2) is 10.7. The van der Waals surface area contributed by atoms with Gasteiger partial charge in [-0.25, -0.2) is 0 Å². The van der Waals surface area contributed by atoms with Crippen molar-refractivity contribution in [2.45, 2.75) is 33.1 Å². The molecule has 2 aromatic rings. The first-order valence-corrected chi connectivity index (χ1v) is 9.21. The molecule has 0 saturated heterocycles. The van der Waals surface area contributed by atoms with Gasteiger partial charge in [0.05, 0.1) is 6.61 Å². The van der Waals surface area contributed by atoms with Crippen molar-refractivity contribution >= 4 is 23.4 Å². The van der Waals surface area contributed by atoms with Gasteiger partial charge in [0.2, 0.25) is 5.91 Å². The van der Waals surface area contributed by atoms with E-state index in [0.29, 0.717) is 29.2 Å². The highest BCUT2D eigenvalue weighted by Gasteiger charge is 2.09. The zero-order chi connectivity index (χ0) is 20.4. The molecule has 2 rings (SSSR count). The van der Waals surface area contributed by atoms with Crippen LogP contribution in [0.2, 0.25) is 0 Å². The molecule has 0 heterocycles. The Morgan fingerprint density at radius 1 is 0.821 bits per heavy atom. The van der Waals surface area contributed by atoms with Crippen LogP contribution >= 0.6 is 0 Å². The van der Waals surface area contributed by atoms with Gasteiger partial charge in [0.1, 0.15) is 5.75 Å². The minimum absolute atomic E-state index is 0.193. The zero-order valence-electron chi connectivity index (χ0n) is 16.1. The molecule has 2 aromatic carbocycles. The average molecular weight is 383 g/mol. The molecule has 0 radical (unpaired) electrons. The minimum Gasteiger partial charge on any atom is -0.494 e. The van der Waals surface area contributed by atoms with Gasteiger partial charge in [-0.1, -0.05) is 19.8 Å². The van der Waals surface area contributed by atoms with Gasteiger partial charge in [0.25, 0.3) is 11.8 Å². The summed E-state index contributed by atoms with van der Waals surface area (Å²) in [6, 6.07) is 13.0. The Morgan fingerprint density at radius 3 is 1.86 bits per heavy atom. The standard InChI is InChI=1S/C21H25N3O4/c1-3-4-5-14-28-19-12-8-17(9-13-19)21(27)24-23-20(26)16-6-10-18(11-7-16)22-15(2)25/h6-13H,3-5,14H2,1-2H3,(H,22,25)(H,23,26)(H,24,27). The lowest BCUT2D eigenvalue weighted by Gasteiger charge is -2.09. The van der Waals surface area contributed by atoms with E-state index in [9.17, 15) is 14.4 Å². The normalized spacial score (nSPS) is 10.1. The van der Waals surface area contributed by atoms with Crippen LogP contribution in [-0.4, -0.2) is 24.3 Å². The van der Waals surface area contributed by atoms with Gasteiger partial charge in [-0.2, -0.15) is 0 Å². The van der Waals surface area contributed by atoms with Crippen molar-refractivity contribution in [3.63, 3.8) is 0 Å². The largest absolute Gasteiger partial charge is 0.494 e. The molecule has 0 atom stereocenters. The molecule has 0 unspecified atom stereocenters. The summed E-state index contributed by atoms with van der Waals surface area (Å²) in [5, 5.41) is 2.62. The quantitative estimate of drug-likeness (QED) is 0.481. The number of ether oxygens (including phenoxy) is 1. The average Bonchev–Trinajstić information content (AvgIpc) is 2.70. The fourth-order valence-electron chi connectivity index (χ4n) is 2.41. The monoisotopic (exact) mass is 383 g/mol. The topological polar surface area (TPSA) is 96.5 Å². The number of carbonyl (C=O) groups is 3. The van der Waals surface area contributed by atoms with E-state index in [2.05, 4.69) is 23.1 Å². The molecule has 0 aliphatic carbocycles. The first kappa shape index (κ1) is 21.0. The van der Waals surface area contributed by atoms with E-state index >= 15 is 0 Å². The molecule has 0 saturated carbocycles. The molecule has 28 heavy (non-hydrogen) atoms. The third-order valence-corrected chi connectivity index (χ3v) is 3.89. The fourth-order valence-corrected chi connectivity index (χ4v) is 2.41. The zero-order valence-corrected chi connectivity index (χ0v) is 16.1. The van der Waals surface area contributed by atoms with Crippen molar-refractivity contribution in [1.29, 1.82) is 0 Å². The van der Waals surface area contributed by atoms with Crippen molar-refractivity contribution < 1.29 is 19.1 Å². The minimum atomic E-state index is -0.460. The van der Waals surface area contributed by atoms with Gasteiger partial charge >= 0.3 is 0 Å². The third kappa shape index (κ3) is 6.75. The number of hydrazine groups is 1. The summed E-state index contributed by atoms with van der Waals surface area (Å²) in [5.41, 5.74) is 6.08. The number of amides is 3. The Morgan fingerprint density at radius 2 is 1.36 bits per heavy atom. The van der Waals surface area contributed by atoms with Crippen LogP contribution in [-0.2, 0) is 4.79 Å². The van der Waals surface area contributed by atoms with Gasteiger partial charge in [0.15, 0.2) is 0 Å². The molecule has 0 bridgehead atoms. The maximum absolute atomic E-state index is 12.2. The van der Waals surface area contributed by atoms with Gasteiger partial charge in [0, 0.05) is 23.7 Å². The number of anilines is 1. The van der Waals surface area contributed by atoms with Crippen LogP contribution in [0.15, 0.2) is 48.5 Å². The number of nitrogens with one attached hydrogen (secondary N) is 3. The number of hydrogen-bond donors (Lipinski definition) is 3. The Labute approximate surface area is 164 Å². The molecule has 7 nitrogen and oxygen atoms in total. The first-order valence-electron chi connectivity index (χ1n) is 9.21. The second-order valence-corrected chi connectivity index (χ2v) is 6.25. The molecule has 0 aromatic heterocycles. The van der Waals surface area contributed by atoms with E-state index in [1.54, 1.807) is 48.5 Å². The number of benzene rings is 2. The second-order valence-electron chi connectivity index (χ2n) is 6.25. The van der Waals surface area contributed by atoms with E-state index in [4.69, 9.17) is 4.74 Å². The number of hydrogen-bond acceptors (Lipinski definition) is 4. The fraction of sp³-hybridized carbons (Fsp3) is 0.286. The molecule has 7 heteroatoms. The van der Waals surface area contributed by atoms with Gasteiger partial charge in [-0.15, -0.1) is 0 Å². The molecule has 148 valence electrons. The highest BCUT2D eigenvalue weighted by atomic mass is 16.5. The summed E-state index contributed by atoms with van der Waals surface area (Å²) < 4.78 is 5.60. The lowest BCUT2D eigenvalue weighted by Crippen LogP contribution is -2.41. The molecular weight excluding hydrogens is 358 g/mol. The smallest absolute Gasteiger partial charge is 0.269 e. The van der Waals surface area contributed by atoms with E-state index in [1.165, 1.54) is 6.92 Å². The Kier molecular flexibility index (Phi) is 8.02. The molecule has 0 aliphatic rings. The summed E-state index contributed by atoms with van der Waals surface area (Å²) in [7, 11) is 0. The van der Waals surface area contributed by atoms with E-state index in [0.717, 1.165) is 19.3 Å². The van der Waals surface area contributed by atoms with Crippen molar-refractivity contribution in [2.75, 3.05) is 11.9 Å². The molecule has 3 amide bonds. The van der Waals surface area contributed by atoms with Crippen molar-refractivity contribution in [2.24, 2.45) is 0 Å². The van der Waals surface area contributed by atoms with Crippen LogP contribution in [0.3, 0.4) is 0 Å². The van der Waals surface area contributed by atoms with Crippen molar-refractivity contribution in [3.8, 4) is 5.75 Å². The van der Waals surface area contributed by atoms with Crippen LogP contribution < -0.4 is 20.9 Å². The molecule has 0 fully saturated rings. The van der Waals surface area contributed by atoms with Crippen LogP contribution in [0.25, 0.3) is 0 Å². The number of rotatable bonds is 8. The molecular formula is C21H25N3O4. The maximum atomic E-state index is 12.2. The number of unbranched alkanes of at least 4 members (excludes halogenated alkanes) is 2. The van der Waals surface area contributed by atoms with E-state index < -0.39 is 11.8 Å². The van der Waals surface area contributed by atoms with Gasteiger partial charge in [-0.3, -0.25) is 25.2 Å². The molecule has 0 spiro atoms. The van der Waals surface area contributed by atoms with Crippen LogP contribution in [0.1, 0.15) is 53.8 Å². The van der Waals surface area contributed by atoms with E-state index in [-0.39, 0.29) is 5.91 Å². The summed E-state index contributed by atoms with van der Waals surface area (Å²) >= 11 is 0. The van der Waals surface area contributed by atoms with Crippen LogP contribution in [0, 0.1) is 0 Å². The lowest BCUT2D eigenvalue weighted by molar-refractivity contribution is -0.114. The van der Waals surface area contributed by atoms with Gasteiger partial charge < -0.3 is 10.1 Å². The maximum Gasteiger partial charge on any atom is 0.269 e. The summed E-state index contributed by atoms with van der Waals surface area (Å²) in [4.78, 5) is 35.3. The van der Waals surface area contributed by atoms with E-state index in [1.807, 2.05) is 0 Å².